The Hall–Kier alpha value is -1.02. The summed E-state index contributed by atoms with van der Waals surface area (Å²) in [6, 6.07) is 12.5. The van der Waals surface area contributed by atoms with Crippen molar-refractivity contribution in [2.75, 3.05) is 7.11 Å². The highest BCUT2D eigenvalue weighted by molar-refractivity contribution is 9.08. The molecular formula is C12H11BrO. The van der Waals surface area contributed by atoms with Gasteiger partial charge in [-0.3, -0.25) is 0 Å². The maximum absolute atomic E-state index is 5.31. The Morgan fingerprint density at radius 1 is 1.14 bits per heavy atom. The van der Waals surface area contributed by atoms with Gasteiger partial charge in [0, 0.05) is 10.9 Å². The van der Waals surface area contributed by atoms with Crippen LogP contribution >= 0.6 is 15.9 Å². The number of alkyl halides is 1. The van der Waals surface area contributed by atoms with Gasteiger partial charge in [-0.15, -0.1) is 0 Å². The summed E-state index contributed by atoms with van der Waals surface area (Å²) in [6.07, 6.45) is 0. The summed E-state index contributed by atoms with van der Waals surface area (Å²) in [5.41, 5.74) is 1.19. The smallest absolute Gasteiger partial charge is 0.123 e. The molecule has 0 aromatic heterocycles. The third kappa shape index (κ3) is 1.62. The number of halogens is 1. The van der Waals surface area contributed by atoms with Crippen molar-refractivity contribution in [2.45, 2.75) is 5.33 Å². The topological polar surface area (TPSA) is 9.23 Å². The predicted octanol–water partition coefficient (Wildman–Crippen LogP) is 3.74. The summed E-state index contributed by atoms with van der Waals surface area (Å²) in [6.45, 7) is 0. The molecule has 0 unspecified atom stereocenters. The maximum atomic E-state index is 5.31. The molecule has 2 heteroatoms. The number of rotatable bonds is 2. The second-order valence-electron chi connectivity index (χ2n) is 3.14. The number of fused-ring (bicyclic) bond motifs is 1. The molecule has 0 saturated carbocycles. The lowest BCUT2D eigenvalue weighted by Gasteiger charge is -2.07. The SMILES string of the molecule is COc1cc2ccccc2cc1CBr. The lowest BCUT2D eigenvalue weighted by atomic mass is 10.1. The van der Waals surface area contributed by atoms with Crippen molar-refractivity contribution in [1.29, 1.82) is 0 Å². The van der Waals surface area contributed by atoms with E-state index in [0.717, 1.165) is 11.1 Å². The van der Waals surface area contributed by atoms with Crippen molar-refractivity contribution in [2.24, 2.45) is 0 Å². The van der Waals surface area contributed by atoms with E-state index in [1.165, 1.54) is 16.3 Å². The molecule has 0 aliphatic carbocycles. The minimum Gasteiger partial charge on any atom is -0.496 e. The molecule has 72 valence electrons. The molecule has 0 radical (unpaired) electrons. The average molecular weight is 251 g/mol. The largest absolute Gasteiger partial charge is 0.496 e. The van der Waals surface area contributed by atoms with Gasteiger partial charge in [0.2, 0.25) is 0 Å². The quantitative estimate of drug-likeness (QED) is 0.738. The number of ether oxygens (including phenoxy) is 1. The van der Waals surface area contributed by atoms with Crippen LogP contribution in [0.25, 0.3) is 10.8 Å². The zero-order chi connectivity index (χ0) is 9.97. The molecule has 0 bridgehead atoms. The minimum absolute atomic E-state index is 0.820. The Kier molecular flexibility index (Phi) is 2.73. The van der Waals surface area contributed by atoms with Crippen LogP contribution in [0, 0.1) is 0 Å². The first-order valence-electron chi connectivity index (χ1n) is 4.47. The molecule has 0 spiro atoms. The highest BCUT2D eigenvalue weighted by atomic mass is 79.9. The second kappa shape index (κ2) is 4.01. The summed E-state index contributed by atoms with van der Waals surface area (Å²) >= 11 is 3.45. The molecule has 0 amide bonds. The average Bonchev–Trinajstić information content (AvgIpc) is 2.27. The van der Waals surface area contributed by atoms with Crippen LogP contribution in [0.2, 0.25) is 0 Å². The van der Waals surface area contributed by atoms with Gasteiger partial charge in [-0.05, 0) is 22.9 Å². The summed E-state index contributed by atoms with van der Waals surface area (Å²) in [5, 5.41) is 3.29. The van der Waals surface area contributed by atoms with Crippen molar-refractivity contribution in [3.63, 3.8) is 0 Å². The van der Waals surface area contributed by atoms with E-state index in [9.17, 15) is 0 Å². The van der Waals surface area contributed by atoms with Crippen molar-refractivity contribution in [3.05, 3.63) is 42.0 Å². The van der Waals surface area contributed by atoms with E-state index in [2.05, 4.69) is 40.2 Å². The zero-order valence-corrected chi connectivity index (χ0v) is 9.54. The third-order valence-electron chi connectivity index (χ3n) is 2.29. The minimum atomic E-state index is 0.820. The summed E-state index contributed by atoms with van der Waals surface area (Å²) in [7, 11) is 1.70. The number of hydrogen-bond donors (Lipinski definition) is 0. The molecule has 0 aliphatic heterocycles. The first-order chi connectivity index (χ1) is 6.85. The lowest BCUT2D eigenvalue weighted by Crippen LogP contribution is -1.89. The number of hydrogen-bond acceptors (Lipinski definition) is 1. The van der Waals surface area contributed by atoms with E-state index in [-0.39, 0.29) is 0 Å². The first-order valence-corrected chi connectivity index (χ1v) is 5.59. The van der Waals surface area contributed by atoms with Crippen LogP contribution in [0.3, 0.4) is 0 Å². The van der Waals surface area contributed by atoms with Gasteiger partial charge in [-0.1, -0.05) is 40.2 Å². The maximum Gasteiger partial charge on any atom is 0.123 e. The Morgan fingerprint density at radius 3 is 2.36 bits per heavy atom. The van der Waals surface area contributed by atoms with Gasteiger partial charge in [-0.25, -0.2) is 0 Å². The van der Waals surface area contributed by atoms with Gasteiger partial charge >= 0.3 is 0 Å². The highest BCUT2D eigenvalue weighted by Gasteiger charge is 2.03. The van der Waals surface area contributed by atoms with E-state index < -0.39 is 0 Å². The molecule has 0 fully saturated rings. The molecule has 0 atom stereocenters. The van der Waals surface area contributed by atoms with Crippen LogP contribution in [0.1, 0.15) is 5.56 Å². The van der Waals surface area contributed by atoms with Crippen molar-refractivity contribution in [1.82, 2.24) is 0 Å². The van der Waals surface area contributed by atoms with Gasteiger partial charge in [0.05, 0.1) is 7.11 Å². The molecule has 14 heavy (non-hydrogen) atoms. The summed E-state index contributed by atoms with van der Waals surface area (Å²) in [5.74, 6) is 0.945. The van der Waals surface area contributed by atoms with Crippen LogP contribution in [-0.4, -0.2) is 7.11 Å². The molecule has 0 N–H and O–H groups in total. The molecular weight excluding hydrogens is 240 g/mol. The van der Waals surface area contributed by atoms with E-state index in [1.54, 1.807) is 7.11 Å². The Balaban J connectivity index is 2.69. The van der Waals surface area contributed by atoms with Crippen LogP contribution < -0.4 is 4.74 Å². The molecule has 1 nitrogen and oxygen atoms in total. The Labute approximate surface area is 91.8 Å². The first kappa shape index (κ1) is 9.53. The van der Waals surface area contributed by atoms with Gasteiger partial charge in [0.1, 0.15) is 5.75 Å². The van der Waals surface area contributed by atoms with Gasteiger partial charge < -0.3 is 4.74 Å². The number of methoxy groups -OCH3 is 1. The number of benzene rings is 2. The van der Waals surface area contributed by atoms with Crippen LogP contribution in [0.4, 0.5) is 0 Å². The summed E-state index contributed by atoms with van der Waals surface area (Å²) in [4.78, 5) is 0. The lowest BCUT2D eigenvalue weighted by molar-refractivity contribution is 0.412. The zero-order valence-electron chi connectivity index (χ0n) is 7.96. The molecule has 0 aliphatic rings. The van der Waals surface area contributed by atoms with Crippen LogP contribution in [0.5, 0.6) is 5.75 Å². The Morgan fingerprint density at radius 2 is 1.79 bits per heavy atom. The van der Waals surface area contributed by atoms with Gasteiger partial charge in [0.25, 0.3) is 0 Å². The van der Waals surface area contributed by atoms with Crippen molar-refractivity contribution in [3.8, 4) is 5.75 Å². The molecule has 2 aromatic rings. The van der Waals surface area contributed by atoms with E-state index in [4.69, 9.17) is 4.74 Å². The normalized spacial score (nSPS) is 10.4. The molecule has 0 heterocycles. The fraction of sp³-hybridized carbons (Fsp3) is 0.167. The second-order valence-corrected chi connectivity index (χ2v) is 3.71. The van der Waals surface area contributed by atoms with E-state index in [0.29, 0.717) is 0 Å². The fourth-order valence-corrected chi connectivity index (χ4v) is 2.00. The van der Waals surface area contributed by atoms with E-state index >= 15 is 0 Å². The molecule has 0 saturated heterocycles. The highest BCUT2D eigenvalue weighted by Crippen LogP contribution is 2.27. The fourth-order valence-electron chi connectivity index (χ4n) is 1.56. The standard InChI is InChI=1S/C12H11BrO/c1-14-12-7-10-5-3-2-4-9(10)6-11(12)8-13/h2-7H,8H2,1H3. The van der Waals surface area contributed by atoms with Crippen molar-refractivity contribution < 1.29 is 4.74 Å². The van der Waals surface area contributed by atoms with Gasteiger partial charge in [-0.2, -0.15) is 0 Å². The molecule has 2 rings (SSSR count). The predicted molar refractivity (Wildman–Crippen MR) is 63.1 cm³/mol. The third-order valence-corrected chi connectivity index (χ3v) is 2.90. The monoisotopic (exact) mass is 250 g/mol. The van der Waals surface area contributed by atoms with E-state index in [1.807, 2.05) is 12.1 Å². The van der Waals surface area contributed by atoms with Crippen LogP contribution in [-0.2, 0) is 5.33 Å². The van der Waals surface area contributed by atoms with Crippen molar-refractivity contribution >= 4 is 26.7 Å². The molecule has 2 aromatic carbocycles. The summed E-state index contributed by atoms with van der Waals surface area (Å²) < 4.78 is 5.31. The van der Waals surface area contributed by atoms with Crippen LogP contribution in [0.15, 0.2) is 36.4 Å². The van der Waals surface area contributed by atoms with Gasteiger partial charge in [0.15, 0.2) is 0 Å². The Bertz CT molecular complexity index is 409.